The Hall–Kier alpha value is -0.946. The highest BCUT2D eigenvalue weighted by molar-refractivity contribution is 6.74. The SMILES string of the molecule is CC(C)(C)[Si](C)(C)OC[C@H]1CCC(/C(C#N)=C2/CC[C@@H](CO[Si](C)(C)C(C)(C)C)N2)=N1. The van der Waals surface area contributed by atoms with E-state index in [0.29, 0.717) is 13.2 Å². The van der Waals surface area contributed by atoms with E-state index in [1.54, 1.807) is 0 Å². The topological polar surface area (TPSA) is 66.6 Å². The predicted molar refractivity (Wildman–Crippen MR) is 136 cm³/mol. The van der Waals surface area contributed by atoms with Gasteiger partial charge in [0, 0.05) is 11.7 Å². The van der Waals surface area contributed by atoms with E-state index in [1.165, 1.54) is 0 Å². The maximum absolute atomic E-state index is 9.87. The van der Waals surface area contributed by atoms with Gasteiger partial charge in [0.25, 0.3) is 0 Å². The van der Waals surface area contributed by atoms with Crippen molar-refractivity contribution in [3.8, 4) is 6.07 Å². The fourth-order valence-electron chi connectivity index (χ4n) is 3.35. The molecule has 0 aromatic rings. The minimum Gasteiger partial charge on any atom is -0.415 e. The van der Waals surface area contributed by atoms with Crippen LogP contribution in [0, 0.1) is 11.3 Å². The molecule has 7 heteroatoms. The van der Waals surface area contributed by atoms with Gasteiger partial charge >= 0.3 is 0 Å². The summed E-state index contributed by atoms with van der Waals surface area (Å²) in [6.45, 7) is 24.1. The highest BCUT2D eigenvalue weighted by Crippen LogP contribution is 2.38. The van der Waals surface area contributed by atoms with Gasteiger partial charge in [-0.25, -0.2) is 0 Å². The number of aliphatic imine (C=N–C) groups is 1. The summed E-state index contributed by atoms with van der Waals surface area (Å²) in [5.41, 5.74) is 2.76. The molecule has 1 fully saturated rings. The van der Waals surface area contributed by atoms with E-state index in [2.05, 4.69) is 79.1 Å². The van der Waals surface area contributed by atoms with E-state index in [9.17, 15) is 5.26 Å². The lowest BCUT2D eigenvalue weighted by atomic mass is 10.1. The largest absolute Gasteiger partial charge is 0.415 e. The van der Waals surface area contributed by atoms with E-state index >= 15 is 0 Å². The van der Waals surface area contributed by atoms with Crippen molar-refractivity contribution in [3.05, 3.63) is 11.3 Å². The van der Waals surface area contributed by atoms with Crippen molar-refractivity contribution in [2.45, 2.75) is 116 Å². The number of nitrogens with zero attached hydrogens (tertiary/aromatic N) is 2. The molecule has 1 N–H and O–H groups in total. The van der Waals surface area contributed by atoms with E-state index in [0.717, 1.165) is 42.7 Å². The van der Waals surface area contributed by atoms with Crippen LogP contribution in [-0.2, 0) is 8.85 Å². The van der Waals surface area contributed by atoms with Crippen molar-refractivity contribution in [1.82, 2.24) is 5.32 Å². The molecule has 0 saturated carbocycles. The maximum Gasteiger partial charge on any atom is 0.192 e. The first-order chi connectivity index (χ1) is 14.1. The van der Waals surface area contributed by atoms with Gasteiger partial charge < -0.3 is 14.2 Å². The molecular formula is C24H45N3O2Si2. The molecule has 0 aliphatic carbocycles. The molecule has 2 atom stereocenters. The summed E-state index contributed by atoms with van der Waals surface area (Å²) in [7, 11) is -3.53. The van der Waals surface area contributed by atoms with Crippen molar-refractivity contribution in [2.75, 3.05) is 13.2 Å². The molecule has 0 radical (unpaired) electrons. The molecule has 5 nitrogen and oxygen atoms in total. The first-order valence-corrected chi connectivity index (χ1v) is 17.6. The molecule has 0 amide bonds. The lowest BCUT2D eigenvalue weighted by molar-refractivity contribution is 0.255. The average molecular weight is 464 g/mol. The van der Waals surface area contributed by atoms with E-state index < -0.39 is 16.6 Å². The van der Waals surface area contributed by atoms with Crippen molar-refractivity contribution in [3.63, 3.8) is 0 Å². The van der Waals surface area contributed by atoms with Crippen LogP contribution in [0.2, 0.25) is 36.3 Å². The highest BCUT2D eigenvalue weighted by atomic mass is 28.4. The first kappa shape index (κ1) is 26.3. The smallest absolute Gasteiger partial charge is 0.192 e. The third kappa shape index (κ3) is 6.53. The van der Waals surface area contributed by atoms with Gasteiger partial charge in [0.05, 0.1) is 30.5 Å². The Morgan fingerprint density at radius 2 is 1.52 bits per heavy atom. The van der Waals surface area contributed by atoms with Crippen LogP contribution in [0.4, 0.5) is 0 Å². The summed E-state index contributed by atoms with van der Waals surface area (Å²) in [6, 6.07) is 2.90. The number of nitriles is 1. The molecule has 0 spiro atoms. The van der Waals surface area contributed by atoms with Gasteiger partial charge in [-0.1, -0.05) is 41.5 Å². The Balaban J connectivity index is 1.99. The quantitative estimate of drug-likeness (QED) is 0.362. The molecule has 1 saturated heterocycles. The molecule has 2 heterocycles. The molecule has 0 unspecified atom stereocenters. The average Bonchev–Trinajstić information content (AvgIpc) is 3.27. The summed E-state index contributed by atoms with van der Waals surface area (Å²) in [5, 5.41) is 13.9. The molecule has 31 heavy (non-hydrogen) atoms. The molecule has 2 rings (SSSR count). The van der Waals surface area contributed by atoms with Crippen LogP contribution in [0.5, 0.6) is 0 Å². The fourth-order valence-corrected chi connectivity index (χ4v) is 5.44. The van der Waals surface area contributed by atoms with Crippen LogP contribution >= 0.6 is 0 Å². The number of allylic oxidation sites excluding steroid dienone is 2. The molecular weight excluding hydrogens is 418 g/mol. The number of hydrogen-bond donors (Lipinski definition) is 1. The Morgan fingerprint density at radius 1 is 0.968 bits per heavy atom. The standard InChI is InChI=1S/C24H45N3O2Si2/c1-23(2,3)30(7,8)28-16-18-11-13-21(26-18)20(15-25)22-14-12-19(27-22)17-29-31(9,10)24(4,5)6/h18-19,26H,11-14,16-17H2,1-10H3/b21-20-/t18-,19+/m0/s1. The van der Waals surface area contributed by atoms with Crippen molar-refractivity contribution < 1.29 is 8.85 Å². The molecule has 2 aliphatic heterocycles. The first-order valence-electron chi connectivity index (χ1n) is 11.8. The third-order valence-corrected chi connectivity index (χ3v) is 16.8. The Morgan fingerprint density at radius 3 is 2.03 bits per heavy atom. The van der Waals surface area contributed by atoms with Crippen LogP contribution in [0.15, 0.2) is 16.3 Å². The Kier molecular flexibility index (Phi) is 8.06. The Bertz CT molecular complexity index is 752. The molecule has 0 aromatic carbocycles. The summed E-state index contributed by atoms with van der Waals surface area (Å²) in [5.74, 6) is 0. The zero-order valence-electron chi connectivity index (χ0n) is 21.6. The van der Waals surface area contributed by atoms with Crippen molar-refractivity contribution >= 4 is 22.3 Å². The summed E-state index contributed by atoms with van der Waals surface area (Å²) in [6.07, 6.45) is 3.75. The van der Waals surface area contributed by atoms with E-state index in [-0.39, 0.29) is 22.2 Å². The molecule has 0 aromatic heterocycles. The summed E-state index contributed by atoms with van der Waals surface area (Å²) < 4.78 is 12.8. The summed E-state index contributed by atoms with van der Waals surface area (Å²) in [4.78, 5) is 4.90. The van der Waals surface area contributed by atoms with Crippen LogP contribution in [0.3, 0.4) is 0 Å². The zero-order chi connectivity index (χ0) is 23.7. The van der Waals surface area contributed by atoms with Crippen molar-refractivity contribution in [1.29, 1.82) is 5.26 Å². The lowest BCUT2D eigenvalue weighted by Gasteiger charge is -2.37. The maximum atomic E-state index is 9.87. The minimum atomic E-state index is -1.77. The second-order valence-corrected chi connectivity index (χ2v) is 21.9. The van der Waals surface area contributed by atoms with Crippen LogP contribution < -0.4 is 5.32 Å². The Labute approximate surface area is 193 Å². The number of nitrogens with one attached hydrogen (secondary N) is 1. The molecule has 2 aliphatic rings. The van der Waals surface area contributed by atoms with Gasteiger partial charge in [0.2, 0.25) is 0 Å². The summed E-state index contributed by atoms with van der Waals surface area (Å²) >= 11 is 0. The molecule has 176 valence electrons. The van der Waals surface area contributed by atoms with Gasteiger partial charge in [-0.05, 0) is 61.9 Å². The highest BCUT2D eigenvalue weighted by Gasteiger charge is 2.39. The van der Waals surface area contributed by atoms with Gasteiger partial charge in [0.15, 0.2) is 16.6 Å². The van der Waals surface area contributed by atoms with Gasteiger partial charge in [-0.3, -0.25) is 4.99 Å². The van der Waals surface area contributed by atoms with Crippen LogP contribution in [-0.4, -0.2) is 47.6 Å². The monoisotopic (exact) mass is 463 g/mol. The van der Waals surface area contributed by atoms with Crippen LogP contribution in [0.25, 0.3) is 0 Å². The van der Waals surface area contributed by atoms with Crippen molar-refractivity contribution in [2.24, 2.45) is 4.99 Å². The zero-order valence-corrected chi connectivity index (χ0v) is 23.6. The number of rotatable bonds is 7. The number of hydrogen-bond acceptors (Lipinski definition) is 5. The van der Waals surface area contributed by atoms with Gasteiger partial charge in [0.1, 0.15) is 6.07 Å². The second-order valence-electron chi connectivity index (χ2n) is 12.3. The second kappa shape index (κ2) is 9.50. The normalized spacial score (nSPS) is 24.6. The molecule has 0 bridgehead atoms. The van der Waals surface area contributed by atoms with E-state index in [1.807, 2.05) is 0 Å². The fraction of sp³-hybridized carbons (Fsp3) is 0.833. The van der Waals surface area contributed by atoms with Gasteiger partial charge in [-0.15, -0.1) is 0 Å². The predicted octanol–water partition coefficient (Wildman–Crippen LogP) is 6.16. The lowest BCUT2D eigenvalue weighted by Crippen LogP contribution is -2.43. The minimum absolute atomic E-state index is 0.173. The van der Waals surface area contributed by atoms with Gasteiger partial charge in [-0.2, -0.15) is 5.26 Å². The van der Waals surface area contributed by atoms with E-state index in [4.69, 9.17) is 13.8 Å². The third-order valence-electron chi connectivity index (χ3n) is 7.77. The van der Waals surface area contributed by atoms with Crippen LogP contribution in [0.1, 0.15) is 67.2 Å².